The minimum atomic E-state index is -0.542. The lowest BCUT2D eigenvalue weighted by Crippen LogP contribution is -2.33. The lowest BCUT2D eigenvalue weighted by atomic mass is 10.0. The molecule has 0 aromatic carbocycles. The molecule has 0 rings (SSSR count). The molecule has 0 radical (unpaired) electrons. The summed E-state index contributed by atoms with van der Waals surface area (Å²) in [5.74, 6) is -0.922. The number of amides is 1. The smallest absolute Gasteiger partial charge is 0.330 e. The maximum absolute atomic E-state index is 13.1. The number of nitrogens with zero attached hydrogens (tertiary/aromatic N) is 1. The van der Waals surface area contributed by atoms with Crippen molar-refractivity contribution in [3.63, 3.8) is 0 Å². The van der Waals surface area contributed by atoms with Crippen molar-refractivity contribution in [1.29, 1.82) is 0 Å². The van der Waals surface area contributed by atoms with Crippen LogP contribution in [0.5, 0.6) is 0 Å². The quantitative estimate of drug-likeness (QED) is 0.0357. The van der Waals surface area contributed by atoms with Gasteiger partial charge in [-0.3, -0.25) is 9.59 Å². The van der Waals surface area contributed by atoms with Crippen LogP contribution in [0.4, 0.5) is 0 Å². The molecule has 0 fully saturated rings. The Kier molecular flexibility index (Phi) is 39.4. The van der Waals surface area contributed by atoms with Gasteiger partial charge in [-0.1, -0.05) is 213 Å². The number of rotatable bonds is 41. The lowest BCUT2D eigenvalue weighted by Gasteiger charge is -2.23. The molecular weight excluding hydrogens is 634 g/mol. The van der Waals surface area contributed by atoms with Crippen molar-refractivity contribution in [2.24, 2.45) is 0 Å². The molecule has 0 aliphatic heterocycles. The van der Waals surface area contributed by atoms with Crippen LogP contribution in [0.1, 0.15) is 232 Å². The Morgan fingerprint density at radius 1 is 0.431 bits per heavy atom. The van der Waals surface area contributed by atoms with E-state index in [0.717, 1.165) is 44.8 Å². The Balaban J connectivity index is 4.15. The van der Waals surface area contributed by atoms with E-state index in [1.54, 1.807) is 0 Å². The Morgan fingerprint density at radius 2 is 0.725 bits per heavy atom. The van der Waals surface area contributed by atoms with Gasteiger partial charge in [0, 0.05) is 25.6 Å². The molecule has 6 nitrogen and oxygen atoms in total. The second kappa shape index (κ2) is 40.9. The van der Waals surface area contributed by atoms with Crippen molar-refractivity contribution in [3.8, 4) is 0 Å². The number of hydrogen-bond donors (Lipinski definition) is 0. The predicted molar refractivity (Wildman–Crippen MR) is 217 cm³/mol. The lowest BCUT2D eigenvalue weighted by molar-refractivity contribution is -0.150. The predicted octanol–water partition coefficient (Wildman–Crippen LogP) is 13.4. The Morgan fingerprint density at radius 3 is 1.04 bits per heavy atom. The van der Waals surface area contributed by atoms with E-state index >= 15 is 0 Å². The largest absolute Gasteiger partial charge is 0.462 e. The molecule has 0 unspecified atom stereocenters. The van der Waals surface area contributed by atoms with Gasteiger partial charge < -0.3 is 14.4 Å². The van der Waals surface area contributed by atoms with E-state index in [-0.39, 0.29) is 32.0 Å². The number of carbonyl (C=O) groups excluding carboxylic acids is 3. The molecule has 0 saturated heterocycles. The summed E-state index contributed by atoms with van der Waals surface area (Å²) in [6, 6.07) is 0. The summed E-state index contributed by atoms with van der Waals surface area (Å²) in [4.78, 5) is 38.4. The summed E-state index contributed by atoms with van der Waals surface area (Å²) in [6.07, 6.45) is 44.1. The van der Waals surface area contributed by atoms with E-state index in [1.165, 1.54) is 180 Å². The summed E-state index contributed by atoms with van der Waals surface area (Å²) in [7, 11) is 0. The summed E-state index contributed by atoms with van der Waals surface area (Å²) in [5.41, 5.74) is 0. The maximum atomic E-state index is 13.1. The molecule has 0 heterocycles. The van der Waals surface area contributed by atoms with Gasteiger partial charge in [0.2, 0.25) is 5.91 Å². The highest BCUT2D eigenvalue weighted by Crippen LogP contribution is 2.16. The van der Waals surface area contributed by atoms with Gasteiger partial charge in [-0.2, -0.15) is 0 Å². The summed E-state index contributed by atoms with van der Waals surface area (Å²) < 4.78 is 9.97. The molecule has 0 bridgehead atoms. The van der Waals surface area contributed by atoms with Crippen molar-refractivity contribution < 1.29 is 23.9 Å². The van der Waals surface area contributed by atoms with Gasteiger partial charge >= 0.3 is 11.9 Å². The van der Waals surface area contributed by atoms with E-state index in [2.05, 4.69) is 20.4 Å². The average molecular weight is 720 g/mol. The van der Waals surface area contributed by atoms with E-state index in [0.29, 0.717) is 0 Å². The zero-order valence-electron chi connectivity index (χ0n) is 34.1. The van der Waals surface area contributed by atoms with Crippen LogP contribution < -0.4 is 0 Å². The minimum absolute atomic E-state index is 0.00479. The molecule has 300 valence electrons. The van der Waals surface area contributed by atoms with Crippen molar-refractivity contribution in [1.82, 2.24) is 4.90 Å². The van der Waals surface area contributed by atoms with Crippen molar-refractivity contribution in [2.45, 2.75) is 232 Å². The Labute approximate surface area is 317 Å². The van der Waals surface area contributed by atoms with Crippen molar-refractivity contribution >= 4 is 17.8 Å². The Bertz CT molecular complexity index is 749. The summed E-state index contributed by atoms with van der Waals surface area (Å²) in [5, 5.41) is 0. The van der Waals surface area contributed by atoms with Crippen LogP contribution in [0, 0.1) is 0 Å². The molecule has 0 aromatic heterocycles. The maximum Gasteiger partial charge on any atom is 0.330 e. The standard InChI is InChI=1S/C45H85NO5/c1-4-7-9-11-13-15-17-19-21-23-25-27-29-31-33-35-39-46(43(47)37-38-45(49)51-42-41-50-44(48)6-3)40-36-34-32-30-28-26-24-22-20-18-16-14-12-10-8-5-2/h6H,3-5,7-42H2,1-2H3. The molecule has 0 aliphatic carbocycles. The molecular formula is C45H85NO5. The normalized spacial score (nSPS) is 11.1. The van der Waals surface area contributed by atoms with E-state index in [4.69, 9.17) is 9.47 Å². The van der Waals surface area contributed by atoms with Gasteiger partial charge in [0.25, 0.3) is 0 Å². The van der Waals surface area contributed by atoms with Crippen LogP contribution in [-0.4, -0.2) is 49.0 Å². The van der Waals surface area contributed by atoms with E-state index in [9.17, 15) is 14.4 Å². The van der Waals surface area contributed by atoms with Gasteiger partial charge in [0.1, 0.15) is 13.2 Å². The average Bonchev–Trinajstić information content (AvgIpc) is 3.14. The topological polar surface area (TPSA) is 72.9 Å². The van der Waals surface area contributed by atoms with Gasteiger partial charge in [0.15, 0.2) is 0 Å². The van der Waals surface area contributed by atoms with Crippen molar-refractivity contribution in [3.05, 3.63) is 12.7 Å². The summed E-state index contributed by atoms with van der Waals surface area (Å²) in [6.45, 7) is 9.46. The van der Waals surface area contributed by atoms with Crippen LogP contribution in [0.25, 0.3) is 0 Å². The third-order valence-electron chi connectivity index (χ3n) is 10.2. The van der Waals surface area contributed by atoms with Crippen molar-refractivity contribution in [2.75, 3.05) is 26.3 Å². The van der Waals surface area contributed by atoms with Crippen LogP contribution in [-0.2, 0) is 23.9 Å². The first kappa shape index (κ1) is 49.1. The monoisotopic (exact) mass is 720 g/mol. The highest BCUT2D eigenvalue weighted by atomic mass is 16.6. The molecule has 0 aromatic rings. The molecule has 0 atom stereocenters. The van der Waals surface area contributed by atoms with Crippen LogP contribution in [0.3, 0.4) is 0 Å². The minimum Gasteiger partial charge on any atom is -0.462 e. The molecule has 0 saturated carbocycles. The van der Waals surface area contributed by atoms with Gasteiger partial charge in [0.05, 0.1) is 6.42 Å². The van der Waals surface area contributed by atoms with E-state index in [1.807, 2.05) is 4.90 Å². The highest BCUT2D eigenvalue weighted by molar-refractivity contribution is 5.82. The number of hydrogen-bond acceptors (Lipinski definition) is 5. The number of carbonyl (C=O) groups is 3. The number of unbranched alkanes of at least 4 members (excludes halogenated alkanes) is 30. The fraction of sp³-hybridized carbons (Fsp3) is 0.889. The number of ether oxygens (including phenoxy) is 2. The third-order valence-corrected chi connectivity index (χ3v) is 10.2. The van der Waals surface area contributed by atoms with Crippen LogP contribution in [0.2, 0.25) is 0 Å². The van der Waals surface area contributed by atoms with Gasteiger partial charge in [-0.05, 0) is 12.8 Å². The van der Waals surface area contributed by atoms with E-state index < -0.39 is 11.9 Å². The first-order chi connectivity index (χ1) is 25.0. The molecule has 0 spiro atoms. The highest BCUT2D eigenvalue weighted by Gasteiger charge is 2.15. The zero-order chi connectivity index (χ0) is 37.3. The first-order valence-corrected chi connectivity index (χ1v) is 22.3. The molecule has 1 amide bonds. The molecule has 51 heavy (non-hydrogen) atoms. The van der Waals surface area contributed by atoms with Gasteiger partial charge in [-0.25, -0.2) is 4.79 Å². The second-order valence-electron chi connectivity index (χ2n) is 15.1. The van der Waals surface area contributed by atoms with Crippen LogP contribution in [0.15, 0.2) is 12.7 Å². The molecule has 0 N–H and O–H groups in total. The second-order valence-corrected chi connectivity index (χ2v) is 15.1. The molecule has 0 aliphatic rings. The molecule has 6 heteroatoms. The fourth-order valence-corrected chi connectivity index (χ4v) is 6.86. The SMILES string of the molecule is C=CC(=O)OCCOC(=O)CCC(=O)N(CCCCCCCCCCCCCCCCCC)CCCCCCCCCCCCCCCCCC. The van der Waals surface area contributed by atoms with Gasteiger partial charge in [-0.15, -0.1) is 0 Å². The van der Waals surface area contributed by atoms with Crippen LogP contribution >= 0.6 is 0 Å². The first-order valence-electron chi connectivity index (χ1n) is 22.3. The third kappa shape index (κ3) is 37.7. The Hall–Kier alpha value is -1.85. The number of esters is 2. The summed E-state index contributed by atoms with van der Waals surface area (Å²) >= 11 is 0. The fourth-order valence-electron chi connectivity index (χ4n) is 6.86. The zero-order valence-corrected chi connectivity index (χ0v) is 34.1.